The predicted molar refractivity (Wildman–Crippen MR) is 58.7 cm³/mol. The number of hydrogen-bond acceptors (Lipinski definition) is 2. The van der Waals surface area contributed by atoms with Gasteiger partial charge in [0, 0.05) is 12.4 Å². The van der Waals surface area contributed by atoms with Gasteiger partial charge in [0.25, 0.3) is 0 Å². The maximum absolute atomic E-state index is 13.2. The summed E-state index contributed by atoms with van der Waals surface area (Å²) in [5, 5.41) is 9.13. The summed E-state index contributed by atoms with van der Waals surface area (Å²) in [4.78, 5) is 3.96. The van der Waals surface area contributed by atoms with E-state index < -0.39 is 5.82 Å². The third-order valence-electron chi connectivity index (χ3n) is 2.32. The van der Waals surface area contributed by atoms with E-state index in [1.165, 1.54) is 6.07 Å². The van der Waals surface area contributed by atoms with E-state index in [2.05, 4.69) is 4.98 Å². The Morgan fingerprint density at radius 1 is 1.44 bits per heavy atom. The molecule has 0 aliphatic rings. The van der Waals surface area contributed by atoms with E-state index in [0.29, 0.717) is 17.9 Å². The maximum atomic E-state index is 13.2. The van der Waals surface area contributed by atoms with E-state index in [1.807, 2.05) is 0 Å². The van der Waals surface area contributed by atoms with Crippen LogP contribution in [0.1, 0.15) is 11.4 Å². The highest BCUT2D eigenvalue weighted by molar-refractivity contribution is 6.31. The molecule has 0 saturated carbocycles. The van der Waals surface area contributed by atoms with Crippen LogP contribution in [0.2, 0.25) is 5.02 Å². The van der Waals surface area contributed by atoms with Gasteiger partial charge >= 0.3 is 0 Å². The van der Waals surface area contributed by atoms with Crippen molar-refractivity contribution in [2.75, 3.05) is 0 Å². The molecule has 2 rings (SSSR count). The molecule has 1 aromatic carbocycles. The Hall–Kier alpha value is -1.39. The van der Waals surface area contributed by atoms with E-state index in [1.54, 1.807) is 29.1 Å². The first-order valence-corrected chi connectivity index (χ1v) is 5.14. The highest BCUT2D eigenvalue weighted by atomic mass is 35.5. The van der Waals surface area contributed by atoms with Crippen LogP contribution in [-0.4, -0.2) is 14.7 Å². The second-order valence-electron chi connectivity index (χ2n) is 3.34. The zero-order valence-electron chi connectivity index (χ0n) is 8.40. The van der Waals surface area contributed by atoms with Crippen molar-refractivity contribution in [3.8, 4) is 0 Å². The fourth-order valence-corrected chi connectivity index (χ4v) is 1.68. The summed E-state index contributed by atoms with van der Waals surface area (Å²) in [6.07, 6.45) is 3.30. The first-order chi connectivity index (χ1) is 7.72. The van der Waals surface area contributed by atoms with Gasteiger partial charge in [0.05, 0.1) is 11.6 Å². The van der Waals surface area contributed by atoms with Crippen LogP contribution in [0.25, 0.3) is 0 Å². The molecule has 84 valence electrons. The minimum absolute atomic E-state index is 0.111. The van der Waals surface area contributed by atoms with Gasteiger partial charge in [-0.3, -0.25) is 0 Å². The molecule has 0 radical (unpaired) electrons. The average molecular weight is 241 g/mol. The molecule has 0 fully saturated rings. The molecule has 0 spiro atoms. The number of benzene rings is 1. The number of hydrogen-bond donors (Lipinski definition) is 1. The number of halogens is 2. The van der Waals surface area contributed by atoms with Crippen molar-refractivity contribution < 1.29 is 9.50 Å². The minimum Gasteiger partial charge on any atom is -0.388 e. The van der Waals surface area contributed by atoms with Crippen LogP contribution < -0.4 is 0 Å². The summed E-state index contributed by atoms with van der Waals surface area (Å²) >= 11 is 5.83. The quantitative estimate of drug-likeness (QED) is 0.893. The number of rotatable bonds is 3. The van der Waals surface area contributed by atoms with Gasteiger partial charge in [-0.2, -0.15) is 0 Å². The molecule has 1 aromatic heterocycles. The first kappa shape index (κ1) is 11.1. The van der Waals surface area contributed by atoms with Crippen LogP contribution in [0.3, 0.4) is 0 Å². The predicted octanol–water partition coefficient (Wildman–Crippen LogP) is 2.22. The standard InChI is InChI=1S/C11H10ClFN2O/c12-11-8(2-1-3-9(11)13)6-15-5-4-14-10(15)7-16/h1-5,16H,6-7H2. The van der Waals surface area contributed by atoms with Crippen molar-refractivity contribution in [1.29, 1.82) is 0 Å². The largest absolute Gasteiger partial charge is 0.388 e. The second kappa shape index (κ2) is 4.63. The van der Waals surface area contributed by atoms with Gasteiger partial charge in [-0.1, -0.05) is 23.7 Å². The molecule has 0 aliphatic heterocycles. The van der Waals surface area contributed by atoms with Crippen molar-refractivity contribution in [3.63, 3.8) is 0 Å². The van der Waals surface area contributed by atoms with E-state index in [4.69, 9.17) is 16.7 Å². The van der Waals surface area contributed by atoms with Crippen molar-refractivity contribution >= 4 is 11.6 Å². The van der Waals surface area contributed by atoms with Gasteiger partial charge in [0.2, 0.25) is 0 Å². The fraction of sp³-hybridized carbons (Fsp3) is 0.182. The zero-order valence-corrected chi connectivity index (χ0v) is 9.15. The number of aromatic nitrogens is 2. The molecule has 5 heteroatoms. The van der Waals surface area contributed by atoms with Crippen LogP contribution in [0, 0.1) is 5.82 Å². The molecule has 2 aromatic rings. The third kappa shape index (κ3) is 2.08. The Kier molecular flexibility index (Phi) is 3.22. The molecule has 0 aliphatic carbocycles. The average Bonchev–Trinajstić information content (AvgIpc) is 2.72. The molecular formula is C11H10ClFN2O. The normalized spacial score (nSPS) is 10.7. The van der Waals surface area contributed by atoms with Crippen LogP contribution in [0.5, 0.6) is 0 Å². The lowest BCUT2D eigenvalue weighted by molar-refractivity contribution is 0.266. The maximum Gasteiger partial charge on any atom is 0.142 e. The van der Waals surface area contributed by atoms with Gasteiger partial charge < -0.3 is 9.67 Å². The number of aliphatic hydroxyl groups excluding tert-OH is 1. The van der Waals surface area contributed by atoms with Crippen molar-refractivity contribution in [2.45, 2.75) is 13.2 Å². The summed E-state index contributed by atoms with van der Waals surface area (Å²) in [5.74, 6) is 0.0881. The van der Waals surface area contributed by atoms with Crippen LogP contribution in [0.4, 0.5) is 4.39 Å². The fourth-order valence-electron chi connectivity index (χ4n) is 1.49. The van der Waals surface area contributed by atoms with Gasteiger partial charge in [-0.25, -0.2) is 9.37 Å². The molecule has 0 amide bonds. The third-order valence-corrected chi connectivity index (χ3v) is 2.74. The lowest BCUT2D eigenvalue weighted by Crippen LogP contribution is -2.05. The summed E-state index contributed by atoms with van der Waals surface area (Å²) in [5.41, 5.74) is 0.661. The molecular weight excluding hydrogens is 231 g/mol. The van der Waals surface area contributed by atoms with E-state index >= 15 is 0 Å². The highest BCUT2D eigenvalue weighted by Crippen LogP contribution is 2.20. The molecule has 0 unspecified atom stereocenters. The van der Waals surface area contributed by atoms with Gasteiger partial charge in [0.1, 0.15) is 18.2 Å². The highest BCUT2D eigenvalue weighted by Gasteiger charge is 2.08. The molecule has 16 heavy (non-hydrogen) atoms. The Bertz CT molecular complexity index is 498. The number of nitrogens with zero attached hydrogens (tertiary/aromatic N) is 2. The van der Waals surface area contributed by atoms with Crippen LogP contribution in [0.15, 0.2) is 30.6 Å². The molecule has 1 heterocycles. The van der Waals surface area contributed by atoms with Gasteiger partial charge in [0.15, 0.2) is 0 Å². The molecule has 0 saturated heterocycles. The SMILES string of the molecule is OCc1nccn1Cc1cccc(F)c1Cl. The Morgan fingerprint density at radius 3 is 3.00 bits per heavy atom. The smallest absolute Gasteiger partial charge is 0.142 e. The molecule has 0 atom stereocenters. The Morgan fingerprint density at radius 2 is 2.25 bits per heavy atom. The monoisotopic (exact) mass is 240 g/mol. The molecule has 1 N–H and O–H groups in total. The second-order valence-corrected chi connectivity index (χ2v) is 3.72. The molecule has 0 bridgehead atoms. The Labute approximate surface area is 97.1 Å². The van der Waals surface area contributed by atoms with Gasteiger partial charge in [-0.15, -0.1) is 0 Å². The van der Waals surface area contributed by atoms with Crippen LogP contribution in [-0.2, 0) is 13.2 Å². The van der Waals surface area contributed by atoms with Crippen molar-refractivity contribution in [3.05, 3.63) is 52.8 Å². The molecule has 3 nitrogen and oxygen atoms in total. The van der Waals surface area contributed by atoms with E-state index in [-0.39, 0.29) is 11.6 Å². The number of aliphatic hydroxyl groups is 1. The summed E-state index contributed by atoms with van der Waals surface area (Å²) in [6.45, 7) is 0.242. The van der Waals surface area contributed by atoms with E-state index in [9.17, 15) is 4.39 Å². The lowest BCUT2D eigenvalue weighted by Gasteiger charge is -2.08. The number of imidazole rings is 1. The van der Waals surface area contributed by atoms with Gasteiger partial charge in [-0.05, 0) is 11.6 Å². The summed E-state index contributed by atoms with van der Waals surface area (Å²) in [6, 6.07) is 4.66. The zero-order chi connectivity index (χ0) is 11.5. The summed E-state index contributed by atoms with van der Waals surface area (Å²) in [7, 11) is 0. The lowest BCUT2D eigenvalue weighted by atomic mass is 10.2. The Balaban J connectivity index is 2.30. The van der Waals surface area contributed by atoms with Crippen molar-refractivity contribution in [2.24, 2.45) is 0 Å². The van der Waals surface area contributed by atoms with E-state index in [0.717, 1.165) is 0 Å². The summed E-state index contributed by atoms with van der Waals surface area (Å²) < 4.78 is 14.9. The topological polar surface area (TPSA) is 38.1 Å². The minimum atomic E-state index is -0.440. The van der Waals surface area contributed by atoms with Crippen molar-refractivity contribution in [1.82, 2.24) is 9.55 Å². The van der Waals surface area contributed by atoms with Crippen LogP contribution >= 0.6 is 11.6 Å². The first-order valence-electron chi connectivity index (χ1n) is 4.76.